The van der Waals surface area contributed by atoms with Crippen LogP contribution in [0.5, 0.6) is 0 Å². The van der Waals surface area contributed by atoms with Gasteiger partial charge < -0.3 is 4.74 Å². The molecule has 0 saturated carbocycles. The molecule has 0 fully saturated rings. The van der Waals surface area contributed by atoms with Gasteiger partial charge in [0.2, 0.25) is 0 Å². The van der Waals surface area contributed by atoms with E-state index in [9.17, 15) is 9.59 Å². The number of ether oxygens (including phenoxy) is 1. The summed E-state index contributed by atoms with van der Waals surface area (Å²) in [5.74, 6) is -1.01. The lowest BCUT2D eigenvalue weighted by Crippen LogP contribution is -2.09. The molecule has 0 aliphatic carbocycles. The summed E-state index contributed by atoms with van der Waals surface area (Å²) in [4.78, 5) is 21.7. The van der Waals surface area contributed by atoms with Crippen molar-refractivity contribution in [1.29, 1.82) is 0 Å². The number of allylic oxidation sites excluding steroid dienone is 1. The Balaban J connectivity index is 3.67. The van der Waals surface area contributed by atoms with E-state index in [4.69, 9.17) is 0 Å². The molecule has 3 heteroatoms. The number of hydrogen-bond donors (Lipinski definition) is 0. The highest BCUT2D eigenvalue weighted by molar-refractivity contribution is 5.91. The van der Waals surface area contributed by atoms with Gasteiger partial charge in [0, 0.05) is 12.5 Å². The molecule has 0 rings (SSSR count). The summed E-state index contributed by atoms with van der Waals surface area (Å²) in [6, 6.07) is 0. The van der Waals surface area contributed by atoms with Crippen LogP contribution in [-0.4, -0.2) is 11.9 Å². The topological polar surface area (TPSA) is 43.4 Å². The molecular formula is C10H16O3. The molecule has 0 saturated heterocycles. The van der Waals surface area contributed by atoms with Crippen LogP contribution in [0, 0.1) is 0 Å². The van der Waals surface area contributed by atoms with Gasteiger partial charge in [-0.05, 0) is 12.8 Å². The quantitative estimate of drug-likeness (QED) is 0.374. The summed E-state index contributed by atoms with van der Waals surface area (Å²) in [6.45, 7) is 3.87. The van der Waals surface area contributed by atoms with Crippen LogP contribution in [0.15, 0.2) is 12.2 Å². The van der Waals surface area contributed by atoms with Gasteiger partial charge in [0.15, 0.2) is 0 Å². The van der Waals surface area contributed by atoms with E-state index in [1.165, 1.54) is 6.08 Å². The molecule has 0 N–H and O–H groups in total. The average Bonchev–Trinajstić information content (AvgIpc) is 2.05. The van der Waals surface area contributed by atoms with E-state index < -0.39 is 11.9 Å². The third-order valence-corrected chi connectivity index (χ3v) is 1.38. The highest BCUT2D eigenvalue weighted by Gasteiger charge is 2.04. The fourth-order valence-electron chi connectivity index (χ4n) is 0.748. The largest absolute Gasteiger partial charge is 0.390 e. The third-order valence-electron chi connectivity index (χ3n) is 1.38. The molecule has 0 atom stereocenters. The molecule has 0 aliphatic rings. The first-order valence-corrected chi connectivity index (χ1v) is 4.61. The molecule has 0 radical (unpaired) electrons. The summed E-state index contributed by atoms with van der Waals surface area (Å²) in [5.41, 5.74) is 0. The second-order valence-corrected chi connectivity index (χ2v) is 2.73. The Bertz CT molecular complexity index is 194. The van der Waals surface area contributed by atoms with Gasteiger partial charge in [-0.25, -0.2) is 4.79 Å². The van der Waals surface area contributed by atoms with Crippen LogP contribution in [0.4, 0.5) is 0 Å². The maximum Gasteiger partial charge on any atom is 0.338 e. The lowest BCUT2D eigenvalue weighted by molar-refractivity contribution is -0.156. The maximum atomic E-state index is 10.9. The fourth-order valence-corrected chi connectivity index (χ4v) is 0.748. The molecule has 0 aromatic carbocycles. The molecular weight excluding hydrogens is 168 g/mol. The predicted octanol–water partition coefficient (Wildman–Crippen LogP) is 2.21. The fraction of sp³-hybridized carbons (Fsp3) is 0.600. The first-order chi connectivity index (χ1) is 6.20. The Morgan fingerprint density at radius 2 is 1.92 bits per heavy atom. The van der Waals surface area contributed by atoms with Gasteiger partial charge in [0.1, 0.15) is 0 Å². The SMILES string of the molecule is CCCC=CC(=O)OC(=O)CCC. The van der Waals surface area contributed by atoms with Crippen molar-refractivity contribution in [1.82, 2.24) is 0 Å². The second-order valence-electron chi connectivity index (χ2n) is 2.73. The van der Waals surface area contributed by atoms with Gasteiger partial charge in [-0.2, -0.15) is 0 Å². The number of esters is 2. The molecule has 74 valence electrons. The normalized spacial score (nSPS) is 10.3. The van der Waals surface area contributed by atoms with Crippen molar-refractivity contribution in [2.24, 2.45) is 0 Å². The standard InChI is InChI=1S/C10H16O3/c1-3-5-6-8-10(12)13-9(11)7-4-2/h6,8H,3-5,7H2,1-2H3. The zero-order valence-electron chi connectivity index (χ0n) is 8.21. The second kappa shape index (κ2) is 7.53. The van der Waals surface area contributed by atoms with Gasteiger partial charge in [0.25, 0.3) is 0 Å². The van der Waals surface area contributed by atoms with Crippen LogP contribution < -0.4 is 0 Å². The van der Waals surface area contributed by atoms with Crippen LogP contribution >= 0.6 is 0 Å². The summed E-state index contributed by atoms with van der Waals surface area (Å²) >= 11 is 0. The number of hydrogen-bond acceptors (Lipinski definition) is 3. The lowest BCUT2D eigenvalue weighted by Gasteiger charge is -1.96. The van der Waals surface area contributed by atoms with E-state index in [-0.39, 0.29) is 0 Å². The van der Waals surface area contributed by atoms with Crippen molar-refractivity contribution in [3.05, 3.63) is 12.2 Å². The Kier molecular flexibility index (Phi) is 6.88. The smallest absolute Gasteiger partial charge is 0.338 e. The van der Waals surface area contributed by atoms with Crippen LogP contribution in [0.1, 0.15) is 39.5 Å². The number of carbonyl (C=O) groups is 2. The zero-order chi connectivity index (χ0) is 10.1. The van der Waals surface area contributed by atoms with Crippen molar-refractivity contribution >= 4 is 11.9 Å². The minimum atomic E-state index is -0.563. The minimum Gasteiger partial charge on any atom is -0.390 e. The first kappa shape index (κ1) is 11.9. The highest BCUT2D eigenvalue weighted by atomic mass is 16.6. The zero-order valence-corrected chi connectivity index (χ0v) is 8.21. The number of carbonyl (C=O) groups excluding carboxylic acids is 2. The van der Waals surface area contributed by atoms with E-state index in [1.54, 1.807) is 6.08 Å². The Labute approximate surface area is 78.8 Å². The van der Waals surface area contributed by atoms with Crippen LogP contribution in [0.2, 0.25) is 0 Å². The van der Waals surface area contributed by atoms with Crippen molar-refractivity contribution in [3.63, 3.8) is 0 Å². The van der Waals surface area contributed by atoms with Crippen molar-refractivity contribution in [2.75, 3.05) is 0 Å². The molecule has 0 spiro atoms. The molecule has 0 amide bonds. The average molecular weight is 184 g/mol. The summed E-state index contributed by atoms with van der Waals surface area (Å²) in [5, 5.41) is 0. The maximum absolute atomic E-state index is 10.9. The molecule has 0 aromatic rings. The van der Waals surface area contributed by atoms with Crippen LogP contribution in [0.25, 0.3) is 0 Å². The minimum absolute atomic E-state index is 0.299. The molecule has 13 heavy (non-hydrogen) atoms. The molecule has 3 nitrogen and oxygen atoms in total. The number of rotatable bonds is 5. The molecule has 0 heterocycles. The first-order valence-electron chi connectivity index (χ1n) is 4.61. The van der Waals surface area contributed by atoms with Crippen LogP contribution in [-0.2, 0) is 14.3 Å². The van der Waals surface area contributed by atoms with Crippen molar-refractivity contribution in [3.8, 4) is 0 Å². The summed E-state index contributed by atoms with van der Waals surface area (Å²) in [7, 11) is 0. The van der Waals surface area contributed by atoms with Gasteiger partial charge >= 0.3 is 11.9 Å². The van der Waals surface area contributed by atoms with Gasteiger partial charge in [0.05, 0.1) is 0 Å². The Morgan fingerprint density at radius 3 is 2.46 bits per heavy atom. The third kappa shape index (κ3) is 7.25. The molecule has 0 bridgehead atoms. The van der Waals surface area contributed by atoms with E-state index in [0.717, 1.165) is 12.8 Å². The Morgan fingerprint density at radius 1 is 1.23 bits per heavy atom. The van der Waals surface area contributed by atoms with Crippen LogP contribution in [0.3, 0.4) is 0 Å². The van der Waals surface area contributed by atoms with Gasteiger partial charge in [-0.1, -0.05) is 26.3 Å². The van der Waals surface area contributed by atoms with Crippen molar-refractivity contribution < 1.29 is 14.3 Å². The van der Waals surface area contributed by atoms with Gasteiger partial charge in [-0.15, -0.1) is 0 Å². The van der Waals surface area contributed by atoms with E-state index in [2.05, 4.69) is 4.74 Å². The van der Waals surface area contributed by atoms with E-state index in [1.807, 2.05) is 13.8 Å². The lowest BCUT2D eigenvalue weighted by atomic mass is 10.3. The molecule has 0 unspecified atom stereocenters. The van der Waals surface area contributed by atoms with Crippen molar-refractivity contribution in [2.45, 2.75) is 39.5 Å². The van der Waals surface area contributed by atoms with Gasteiger partial charge in [-0.3, -0.25) is 4.79 Å². The summed E-state index contributed by atoms with van der Waals surface area (Å²) < 4.78 is 4.47. The van der Waals surface area contributed by atoms with E-state index in [0.29, 0.717) is 12.8 Å². The monoisotopic (exact) mass is 184 g/mol. The summed E-state index contributed by atoms with van der Waals surface area (Å²) in [6.07, 6.45) is 5.82. The predicted molar refractivity (Wildman–Crippen MR) is 50.1 cm³/mol. The number of unbranched alkanes of at least 4 members (excludes halogenated alkanes) is 1. The van der Waals surface area contributed by atoms with E-state index >= 15 is 0 Å². The highest BCUT2D eigenvalue weighted by Crippen LogP contribution is 1.94. The molecule has 0 aromatic heterocycles. The Hall–Kier alpha value is -1.12. The molecule has 0 aliphatic heterocycles.